The van der Waals surface area contributed by atoms with Gasteiger partial charge in [0.15, 0.2) is 0 Å². The van der Waals surface area contributed by atoms with Crippen LogP contribution in [0.25, 0.3) is 0 Å². The van der Waals surface area contributed by atoms with Gasteiger partial charge < -0.3 is 9.64 Å². The largest absolute Gasteiger partial charge is 0.489 e. The number of likely N-dealkylation sites (tertiary alicyclic amines) is 1. The number of ether oxygens (including phenoxy) is 1. The van der Waals surface area contributed by atoms with Gasteiger partial charge in [0.2, 0.25) is 0 Å². The first-order chi connectivity index (χ1) is 20.6. The summed E-state index contributed by atoms with van der Waals surface area (Å²) in [5.41, 5.74) is 5.81. The third-order valence-electron chi connectivity index (χ3n) is 8.96. The summed E-state index contributed by atoms with van der Waals surface area (Å²) in [7, 11) is 2.23. The van der Waals surface area contributed by atoms with E-state index >= 15 is 0 Å². The Morgan fingerprint density at radius 3 is 2.38 bits per heavy atom. The molecule has 4 aromatic carbocycles. The van der Waals surface area contributed by atoms with Crippen molar-refractivity contribution in [3.05, 3.63) is 125 Å². The van der Waals surface area contributed by atoms with Gasteiger partial charge in [-0.15, -0.1) is 11.8 Å². The second-order valence-corrected chi connectivity index (χ2v) is 14.2. The molecule has 3 nitrogen and oxygen atoms in total. The zero-order valence-corrected chi connectivity index (χ0v) is 26.5. The lowest BCUT2D eigenvalue weighted by Gasteiger charge is -2.40. The lowest BCUT2D eigenvalue weighted by atomic mass is 9.74. The Kier molecular flexibility index (Phi) is 9.60. The number of likely N-dealkylation sites (N-methyl/N-ethyl adjacent to an activating group) is 1. The van der Waals surface area contributed by atoms with Gasteiger partial charge in [-0.1, -0.05) is 78.9 Å². The standard InChI is InChI=1S/C37H42N2OS2/c1-29-25-31(17-18-35(29)40-27-30-11-5-3-6-12-30)32(26-38(2)42-33-13-7-4-8-14-33)19-22-39-23-20-37(21-24-39)28-41-36-16-10-9-15-34(36)37/h3-18,25,32H,19-24,26-28H2,1-2H3. The number of nitrogens with zero attached hydrogens (tertiary/aromatic N) is 2. The number of hydrogen-bond acceptors (Lipinski definition) is 5. The molecule has 1 unspecified atom stereocenters. The molecule has 0 N–H and O–H groups in total. The molecule has 6 rings (SSSR count). The lowest BCUT2D eigenvalue weighted by molar-refractivity contribution is 0.166. The van der Waals surface area contributed by atoms with E-state index in [2.05, 4.69) is 132 Å². The second-order valence-electron chi connectivity index (χ2n) is 11.9. The van der Waals surface area contributed by atoms with Crippen molar-refractivity contribution in [3.8, 4) is 5.75 Å². The normalized spacial score (nSPS) is 16.9. The fraction of sp³-hybridized carbons (Fsp3) is 0.351. The summed E-state index contributed by atoms with van der Waals surface area (Å²) in [6.45, 7) is 7.32. The molecule has 4 aromatic rings. The zero-order chi connectivity index (χ0) is 28.8. The molecule has 0 amide bonds. The maximum Gasteiger partial charge on any atom is 0.122 e. The van der Waals surface area contributed by atoms with Crippen LogP contribution in [0.15, 0.2) is 113 Å². The van der Waals surface area contributed by atoms with Gasteiger partial charge in [-0.3, -0.25) is 0 Å². The fourth-order valence-corrected chi connectivity index (χ4v) is 8.86. The summed E-state index contributed by atoms with van der Waals surface area (Å²) >= 11 is 3.91. The Hall–Kier alpha value is -2.70. The van der Waals surface area contributed by atoms with Crippen LogP contribution in [0.3, 0.4) is 0 Å². The van der Waals surface area contributed by atoms with Crippen LogP contribution in [0.5, 0.6) is 5.75 Å². The Morgan fingerprint density at radius 2 is 1.62 bits per heavy atom. The minimum atomic E-state index is 0.385. The van der Waals surface area contributed by atoms with E-state index in [4.69, 9.17) is 4.74 Å². The van der Waals surface area contributed by atoms with Gasteiger partial charge in [0.1, 0.15) is 12.4 Å². The quantitative estimate of drug-likeness (QED) is 0.161. The highest BCUT2D eigenvalue weighted by Gasteiger charge is 2.41. The minimum Gasteiger partial charge on any atom is -0.489 e. The average Bonchev–Trinajstić information content (AvgIpc) is 3.38. The average molecular weight is 595 g/mol. The third-order valence-corrected chi connectivity index (χ3v) is 11.3. The predicted molar refractivity (Wildman–Crippen MR) is 179 cm³/mol. The van der Waals surface area contributed by atoms with Gasteiger partial charge in [0.05, 0.1) is 0 Å². The molecule has 0 bridgehead atoms. The Balaban J connectivity index is 1.11. The van der Waals surface area contributed by atoms with Gasteiger partial charge in [-0.2, -0.15) is 0 Å². The Labute approximate surface area is 260 Å². The van der Waals surface area contributed by atoms with Crippen molar-refractivity contribution in [1.82, 2.24) is 9.21 Å². The van der Waals surface area contributed by atoms with Crippen molar-refractivity contribution in [3.63, 3.8) is 0 Å². The van der Waals surface area contributed by atoms with E-state index in [1.54, 1.807) is 5.56 Å². The maximum atomic E-state index is 6.22. The summed E-state index contributed by atoms with van der Waals surface area (Å²) in [6, 6.07) is 37.1. The molecule has 1 atom stereocenters. The molecule has 0 saturated carbocycles. The number of rotatable bonds is 11. The van der Waals surface area contributed by atoms with Gasteiger partial charge >= 0.3 is 0 Å². The Bertz CT molecular complexity index is 1440. The zero-order valence-electron chi connectivity index (χ0n) is 24.9. The van der Waals surface area contributed by atoms with Crippen molar-refractivity contribution in [2.75, 3.05) is 39.0 Å². The fourth-order valence-electron chi connectivity index (χ4n) is 6.48. The van der Waals surface area contributed by atoms with Gasteiger partial charge in [-0.05, 0) is 117 Å². The highest BCUT2D eigenvalue weighted by atomic mass is 32.2. The first-order valence-corrected chi connectivity index (χ1v) is 17.0. The van der Waals surface area contributed by atoms with E-state index in [-0.39, 0.29) is 0 Å². The van der Waals surface area contributed by atoms with E-state index in [0.717, 1.165) is 25.3 Å². The van der Waals surface area contributed by atoms with Gasteiger partial charge in [0.25, 0.3) is 0 Å². The third kappa shape index (κ3) is 7.08. The molecular formula is C37H42N2OS2. The van der Waals surface area contributed by atoms with E-state index in [1.165, 1.54) is 58.2 Å². The van der Waals surface area contributed by atoms with Crippen LogP contribution in [0.1, 0.15) is 47.4 Å². The summed E-state index contributed by atoms with van der Waals surface area (Å²) < 4.78 is 8.63. The van der Waals surface area contributed by atoms with Crippen LogP contribution in [0.2, 0.25) is 0 Å². The number of aryl methyl sites for hydroxylation is 1. The molecule has 1 saturated heterocycles. The van der Waals surface area contributed by atoms with Gasteiger partial charge in [0, 0.05) is 27.5 Å². The van der Waals surface area contributed by atoms with E-state index in [0.29, 0.717) is 17.9 Å². The molecule has 5 heteroatoms. The molecule has 0 aromatic heterocycles. The van der Waals surface area contributed by atoms with Crippen molar-refractivity contribution < 1.29 is 4.74 Å². The van der Waals surface area contributed by atoms with Crippen LogP contribution >= 0.6 is 23.7 Å². The van der Waals surface area contributed by atoms with Crippen molar-refractivity contribution >= 4 is 23.7 Å². The van der Waals surface area contributed by atoms with Crippen molar-refractivity contribution in [1.29, 1.82) is 0 Å². The molecule has 218 valence electrons. The molecule has 2 aliphatic rings. The number of fused-ring (bicyclic) bond motifs is 2. The monoisotopic (exact) mass is 594 g/mol. The van der Waals surface area contributed by atoms with Gasteiger partial charge in [-0.25, -0.2) is 4.31 Å². The van der Waals surface area contributed by atoms with E-state index in [1.807, 2.05) is 18.0 Å². The number of thioether (sulfide) groups is 1. The van der Waals surface area contributed by atoms with Crippen LogP contribution < -0.4 is 4.74 Å². The molecular weight excluding hydrogens is 553 g/mol. The summed E-state index contributed by atoms with van der Waals surface area (Å²) in [6.07, 6.45) is 3.71. The van der Waals surface area contributed by atoms with E-state index < -0.39 is 0 Å². The summed E-state index contributed by atoms with van der Waals surface area (Å²) in [5, 5.41) is 0. The van der Waals surface area contributed by atoms with Crippen LogP contribution in [0.4, 0.5) is 0 Å². The smallest absolute Gasteiger partial charge is 0.122 e. The van der Waals surface area contributed by atoms with Crippen molar-refractivity contribution in [2.45, 2.75) is 53.9 Å². The molecule has 1 fully saturated rings. The van der Waals surface area contributed by atoms with Crippen molar-refractivity contribution in [2.24, 2.45) is 0 Å². The molecule has 42 heavy (non-hydrogen) atoms. The first-order valence-electron chi connectivity index (χ1n) is 15.2. The highest BCUT2D eigenvalue weighted by molar-refractivity contribution is 7.99. The Morgan fingerprint density at radius 1 is 0.905 bits per heavy atom. The number of piperidine rings is 1. The second kappa shape index (κ2) is 13.7. The SMILES string of the molecule is Cc1cc(C(CCN2CCC3(CC2)CSc2ccccc23)CN(C)Sc2ccccc2)ccc1OCc1ccccc1. The van der Waals surface area contributed by atoms with Crippen LogP contribution in [-0.4, -0.2) is 48.2 Å². The molecule has 1 spiro atoms. The molecule has 2 heterocycles. The molecule has 0 radical (unpaired) electrons. The summed E-state index contributed by atoms with van der Waals surface area (Å²) in [4.78, 5) is 5.52. The maximum absolute atomic E-state index is 6.22. The predicted octanol–water partition coefficient (Wildman–Crippen LogP) is 8.83. The van der Waals surface area contributed by atoms with Crippen LogP contribution in [-0.2, 0) is 12.0 Å². The highest BCUT2D eigenvalue weighted by Crippen LogP contribution is 2.49. The summed E-state index contributed by atoms with van der Waals surface area (Å²) in [5.74, 6) is 2.68. The minimum absolute atomic E-state index is 0.385. The topological polar surface area (TPSA) is 15.7 Å². The molecule has 2 aliphatic heterocycles. The number of benzene rings is 4. The first kappa shape index (κ1) is 29.4. The molecule has 0 aliphatic carbocycles. The number of hydrogen-bond donors (Lipinski definition) is 0. The lowest BCUT2D eigenvalue weighted by Crippen LogP contribution is -2.43. The van der Waals surface area contributed by atoms with Crippen LogP contribution in [0, 0.1) is 6.92 Å². The van der Waals surface area contributed by atoms with E-state index in [9.17, 15) is 0 Å².